The largest absolute Gasteiger partial charge is 0.490 e. The summed E-state index contributed by atoms with van der Waals surface area (Å²) in [5, 5.41) is 2.93. The number of carbonyl (C=O) groups excluding carboxylic acids is 1. The number of hydrogen-bond donors (Lipinski definition) is 1. The lowest BCUT2D eigenvalue weighted by atomic mass is 10.2. The lowest BCUT2D eigenvalue weighted by Gasteiger charge is -2.13. The Balaban J connectivity index is 1.38. The summed E-state index contributed by atoms with van der Waals surface area (Å²) in [7, 11) is 0. The van der Waals surface area contributed by atoms with Gasteiger partial charge in [-0.2, -0.15) is 0 Å². The van der Waals surface area contributed by atoms with Crippen LogP contribution in [0.25, 0.3) is 11.0 Å². The molecule has 1 N–H and O–H groups in total. The van der Waals surface area contributed by atoms with Gasteiger partial charge in [0.2, 0.25) is 0 Å². The van der Waals surface area contributed by atoms with E-state index in [1.807, 2.05) is 49.4 Å². The molecule has 0 aliphatic rings. The maximum absolute atomic E-state index is 12.2. The van der Waals surface area contributed by atoms with Crippen LogP contribution in [0, 0.1) is 0 Å². The molecule has 2 heterocycles. The molecule has 1 amide bonds. The van der Waals surface area contributed by atoms with E-state index in [-0.39, 0.29) is 5.91 Å². The Labute approximate surface area is 193 Å². The first kappa shape index (κ1) is 22.3. The SMILES string of the molecule is CCOc1ccccc1OCCn1c(CCCNC(=O)c2ccccn2)nc2ccccc21. The van der Waals surface area contributed by atoms with E-state index in [0.717, 1.165) is 41.2 Å². The molecule has 7 heteroatoms. The topological polar surface area (TPSA) is 78.3 Å². The van der Waals surface area contributed by atoms with E-state index in [1.54, 1.807) is 24.4 Å². The van der Waals surface area contributed by atoms with Crippen molar-refractivity contribution < 1.29 is 14.3 Å². The standard InChI is InChI=1S/C26H28N4O3/c1-2-32-23-13-5-6-14-24(23)33-19-18-30-22-12-4-3-10-20(22)29-25(30)15-9-17-28-26(31)21-11-7-8-16-27-21/h3-8,10-14,16H,2,9,15,17-19H2,1H3,(H,28,31). The van der Waals surface area contributed by atoms with E-state index in [2.05, 4.69) is 20.9 Å². The molecule has 2 aromatic heterocycles. The third kappa shape index (κ3) is 5.68. The monoisotopic (exact) mass is 444 g/mol. The minimum atomic E-state index is -0.162. The van der Waals surface area contributed by atoms with Crippen LogP contribution in [0.15, 0.2) is 72.9 Å². The number of nitrogens with one attached hydrogen (secondary N) is 1. The highest BCUT2D eigenvalue weighted by Gasteiger charge is 2.12. The Hall–Kier alpha value is -3.87. The average Bonchev–Trinajstić information content (AvgIpc) is 3.21. The lowest BCUT2D eigenvalue weighted by Crippen LogP contribution is -2.25. The zero-order valence-corrected chi connectivity index (χ0v) is 18.7. The van der Waals surface area contributed by atoms with Crippen molar-refractivity contribution in [3.63, 3.8) is 0 Å². The zero-order chi connectivity index (χ0) is 22.9. The summed E-state index contributed by atoms with van der Waals surface area (Å²) in [6.45, 7) is 4.26. The fourth-order valence-electron chi connectivity index (χ4n) is 3.69. The molecule has 0 fully saturated rings. The van der Waals surface area contributed by atoms with E-state index in [0.29, 0.717) is 32.0 Å². The van der Waals surface area contributed by atoms with Gasteiger partial charge in [-0.15, -0.1) is 0 Å². The molecule has 4 aromatic rings. The number of ether oxygens (including phenoxy) is 2. The van der Waals surface area contributed by atoms with Crippen LogP contribution in [0.4, 0.5) is 0 Å². The lowest BCUT2D eigenvalue weighted by molar-refractivity contribution is 0.0948. The summed E-state index contributed by atoms with van der Waals surface area (Å²) in [6, 6.07) is 21.1. The predicted molar refractivity (Wildman–Crippen MR) is 128 cm³/mol. The normalized spacial score (nSPS) is 10.8. The molecule has 4 rings (SSSR count). The van der Waals surface area contributed by atoms with Crippen molar-refractivity contribution in [3.8, 4) is 11.5 Å². The van der Waals surface area contributed by atoms with Gasteiger partial charge in [0.15, 0.2) is 11.5 Å². The van der Waals surface area contributed by atoms with E-state index in [9.17, 15) is 4.79 Å². The van der Waals surface area contributed by atoms with Crippen molar-refractivity contribution >= 4 is 16.9 Å². The van der Waals surface area contributed by atoms with E-state index in [4.69, 9.17) is 14.5 Å². The second-order valence-corrected chi connectivity index (χ2v) is 7.47. The number of amides is 1. The minimum absolute atomic E-state index is 0.162. The molecule has 2 aromatic carbocycles. The van der Waals surface area contributed by atoms with Gasteiger partial charge in [0.25, 0.3) is 5.91 Å². The summed E-state index contributed by atoms with van der Waals surface area (Å²) in [5.74, 6) is 2.30. The Bertz CT molecular complexity index is 1190. The number of para-hydroxylation sites is 4. The number of pyridine rings is 1. The number of imidazole rings is 1. The first-order chi connectivity index (χ1) is 16.3. The molecule has 0 radical (unpaired) electrons. The molecule has 0 saturated carbocycles. The fraction of sp³-hybridized carbons (Fsp3) is 0.269. The highest BCUT2D eigenvalue weighted by atomic mass is 16.5. The summed E-state index contributed by atoms with van der Waals surface area (Å²) >= 11 is 0. The number of benzene rings is 2. The van der Waals surface area contributed by atoms with Gasteiger partial charge in [0.05, 0.1) is 24.2 Å². The van der Waals surface area contributed by atoms with Crippen LogP contribution in [0.5, 0.6) is 11.5 Å². The quantitative estimate of drug-likeness (QED) is 0.350. The number of carbonyl (C=O) groups is 1. The molecule has 7 nitrogen and oxygen atoms in total. The molecule has 0 bridgehead atoms. The summed E-state index contributed by atoms with van der Waals surface area (Å²) < 4.78 is 13.9. The second kappa shape index (κ2) is 11.1. The van der Waals surface area contributed by atoms with E-state index >= 15 is 0 Å². The van der Waals surface area contributed by atoms with Crippen molar-refractivity contribution in [1.29, 1.82) is 0 Å². The van der Waals surface area contributed by atoms with Gasteiger partial charge in [-0.25, -0.2) is 4.98 Å². The summed E-state index contributed by atoms with van der Waals surface area (Å²) in [5.41, 5.74) is 2.46. The van der Waals surface area contributed by atoms with Crippen molar-refractivity contribution in [2.75, 3.05) is 19.8 Å². The number of rotatable bonds is 11. The molecule has 0 spiro atoms. The second-order valence-electron chi connectivity index (χ2n) is 7.47. The van der Waals surface area contributed by atoms with Crippen LogP contribution < -0.4 is 14.8 Å². The van der Waals surface area contributed by atoms with Crippen molar-refractivity contribution in [2.24, 2.45) is 0 Å². The van der Waals surface area contributed by atoms with Crippen LogP contribution in [0.3, 0.4) is 0 Å². The predicted octanol–water partition coefficient (Wildman–Crippen LogP) is 4.27. The van der Waals surface area contributed by atoms with E-state index < -0.39 is 0 Å². The van der Waals surface area contributed by atoms with E-state index in [1.165, 1.54) is 0 Å². The average molecular weight is 445 g/mol. The van der Waals surface area contributed by atoms with Gasteiger partial charge in [-0.3, -0.25) is 9.78 Å². The van der Waals surface area contributed by atoms with Gasteiger partial charge < -0.3 is 19.4 Å². The van der Waals surface area contributed by atoms with Crippen molar-refractivity contribution in [2.45, 2.75) is 26.3 Å². The molecule has 170 valence electrons. The van der Waals surface area contributed by atoms with Crippen LogP contribution in [0.2, 0.25) is 0 Å². The van der Waals surface area contributed by atoms with Crippen molar-refractivity contribution in [3.05, 3.63) is 84.4 Å². The highest BCUT2D eigenvalue weighted by Crippen LogP contribution is 2.26. The third-order valence-corrected chi connectivity index (χ3v) is 5.22. The minimum Gasteiger partial charge on any atom is -0.490 e. The first-order valence-electron chi connectivity index (χ1n) is 11.2. The number of aryl methyl sites for hydroxylation is 1. The third-order valence-electron chi connectivity index (χ3n) is 5.22. The molecular weight excluding hydrogens is 416 g/mol. The van der Waals surface area contributed by atoms with Gasteiger partial charge in [0.1, 0.15) is 18.1 Å². The number of nitrogens with zero attached hydrogens (tertiary/aromatic N) is 3. The molecule has 33 heavy (non-hydrogen) atoms. The Kier molecular flexibility index (Phi) is 7.53. The molecule has 0 aliphatic heterocycles. The fourth-order valence-corrected chi connectivity index (χ4v) is 3.69. The summed E-state index contributed by atoms with van der Waals surface area (Å²) in [4.78, 5) is 21.1. The van der Waals surface area contributed by atoms with Crippen molar-refractivity contribution in [1.82, 2.24) is 19.9 Å². The highest BCUT2D eigenvalue weighted by molar-refractivity contribution is 5.92. The molecule has 0 atom stereocenters. The Morgan fingerprint density at radius 2 is 1.73 bits per heavy atom. The van der Waals surface area contributed by atoms with Crippen LogP contribution in [-0.2, 0) is 13.0 Å². The van der Waals surface area contributed by atoms with Gasteiger partial charge in [0, 0.05) is 19.2 Å². The van der Waals surface area contributed by atoms with Crippen LogP contribution >= 0.6 is 0 Å². The number of hydrogen-bond acceptors (Lipinski definition) is 5. The maximum atomic E-state index is 12.2. The number of fused-ring (bicyclic) bond motifs is 1. The smallest absolute Gasteiger partial charge is 0.269 e. The molecule has 0 aliphatic carbocycles. The van der Waals surface area contributed by atoms with Gasteiger partial charge >= 0.3 is 0 Å². The van der Waals surface area contributed by atoms with Crippen LogP contribution in [0.1, 0.15) is 29.7 Å². The summed E-state index contributed by atoms with van der Waals surface area (Å²) in [6.07, 6.45) is 3.13. The van der Waals surface area contributed by atoms with Crippen LogP contribution in [-0.4, -0.2) is 40.2 Å². The maximum Gasteiger partial charge on any atom is 0.269 e. The number of aromatic nitrogens is 3. The Morgan fingerprint density at radius 1 is 0.970 bits per heavy atom. The molecule has 0 unspecified atom stereocenters. The van der Waals surface area contributed by atoms with Gasteiger partial charge in [-0.05, 0) is 49.7 Å². The van der Waals surface area contributed by atoms with Gasteiger partial charge in [-0.1, -0.05) is 30.3 Å². The first-order valence-corrected chi connectivity index (χ1v) is 11.2. The molecule has 0 saturated heterocycles. The molecular formula is C26H28N4O3. The zero-order valence-electron chi connectivity index (χ0n) is 18.7. The Morgan fingerprint density at radius 3 is 2.52 bits per heavy atom.